The van der Waals surface area contributed by atoms with Crippen LogP contribution < -0.4 is 37.6 Å². The number of nitrogens with zero attached hydrogens (tertiary/aromatic N) is 3. The number of nitrogens with two attached hydrogens (primary N) is 1. The molecule has 1 aromatic carbocycles. The Kier molecular flexibility index (Phi) is 31.0. The van der Waals surface area contributed by atoms with Crippen molar-refractivity contribution < 1.29 is 62.5 Å². The van der Waals surface area contributed by atoms with E-state index in [9.17, 15) is 48.3 Å². The van der Waals surface area contributed by atoms with E-state index in [1.54, 1.807) is 86.4 Å². The number of benzene rings is 1. The van der Waals surface area contributed by atoms with Crippen molar-refractivity contribution in [3.8, 4) is 0 Å². The number of methoxy groups -OCH3 is 2. The molecule has 2 rings (SSSR count). The standard InChI is InChI=1S/C60H100N10O13/c1-18-26-42(64-55(75)43(29-24-31-62-59(61)79)65-56(76)48(34(4)5)66-46(71)20-3)40(13)83-60(80)69(15)50(36(8)9)57(77)67-49(35(6)7)58(78)68(14)51(37(10)19-2)45(81-16)33-47(72)70-32-25-30-44(70)53(82-17)38(11)54(74)63-39(12)52(73)41-27-22-21-23-28-41/h18,21-23,26-28,34-40,43-45,48-53,73H,1,19-20,24-25,29-33H2,2-17H3,(H,63,74)(H,64,75)(H,65,76)(H,66,71)(H,67,77)(H3,61,62,79)/b42-26+/t37-,38+,39+,40?,43-,44-,45+,48-,49-,50-,51-,52+,53+/m0/s1. The summed E-state index contributed by atoms with van der Waals surface area (Å²) in [6, 6.07) is 2.18. The third kappa shape index (κ3) is 21.5. The van der Waals surface area contributed by atoms with Crippen molar-refractivity contribution in [1.82, 2.24) is 46.6 Å². The SMILES string of the molecule is C=C/C=C(/NC(=O)[C@H](CCCNC(N)=O)NC(=O)[C@@H](NC(=O)CC)C(C)C)C(C)OC(=O)N(C)[C@H](C(=O)N[C@H](C(=O)N(C)[C@@H]([C@@H](C)CC)[C@@H](CC(=O)N1CCC[C@H]1[C@H](OC)[C@@H](C)C(=O)N[C@H](C)[C@@H](O)c1ccccc1)OC)C(C)C)C(C)C. The minimum atomic E-state index is -1.18. The Bertz CT molecular complexity index is 2340. The molecule has 468 valence electrons. The van der Waals surface area contributed by atoms with Gasteiger partial charge in [0.2, 0.25) is 41.4 Å². The van der Waals surface area contributed by atoms with E-state index in [0.29, 0.717) is 31.4 Å². The smallest absolute Gasteiger partial charge is 0.410 e. The second-order valence-electron chi connectivity index (χ2n) is 22.8. The number of hydrogen-bond donors (Lipinski definition) is 8. The minimum Gasteiger partial charge on any atom is -0.440 e. The van der Waals surface area contributed by atoms with Crippen LogP contribution in [0.15, 0.2) is 54.8 Å². The highest BCUT2D eigenvalue weighted by molar-refractivity contribution is 5.93. The molecule has 13 atom stereocenters. The quantitative estimate of drug-likeness (QED) is 0.0350. The zero-order valence-corrected chi connectivity index (χ0v) is 52.1. The second kappa shape index (κ2) is 35.5. The first-order valence-corrected chi connectivity index (χ1v) is 29.2. The average Bonchev–Trinajstić information content (AvgIpc) is 4.13. The number of amides is 10. The first kappa shape index (κ1) is 72.5. The molecule has 9 N–H and O–H groups in total. The molecule has 0 aromatic heterocycles. The lowest BCUT2D eigenvalue weighted by molar-refractivity contribution is -0.148. The highest BCUT2D eigenvalue weighted by Crippen LogP contribution is 2.30. The molecule has 0 saturated carbocycles. The maximum Gasteiger partial charge on any atom is 0.410 e. The monoisotopic (exact) mass is 1170 g/mol. The zero-order chi connectivity index (χ0) is 63.0. The number of likely N-dealkylation sites (N-methyl/N-ethyl adjacent to an activating group) is 2. The van der Waals surface area contributed by atoms with Gasteiger partial charge in [0, 0.05) is 47.8 Å². The Hall–Kier alpha value is -6.59. The molecule has 1 unspecified atom stereocenters. The molecule has 0 spiro atoms. The summed E-state index contributed by atoms with van der Waals surface area (Å²) in [6.45, 7) is 25.3. The van der Waals surface area contributed by atoms with Gasteiger partial charge in [-0.05, 0) is 74.8 Å². The van der Waals surface area contributed by atoms with Crippen LogP contribution in [0.1, 0.15) is 140 Å². The van der Waals surface area contributed by atoms with Crippen molar-refractivity contribution in [2.24, 2.45) is 35.3 Å². The molecule has 83 heavy (non-hydrogen) atoms. The molecular weight excluding hydrogens is 1070 g/mol. The number of likely N-dealkylation sites (tertiary alicyclic amines) is 1. The largest absolute Gasteiger partial charge is 0.440 e. The summed E-state index contributed by atoms with van der Waals surface area (Å²) in [4.78, 5) is 127. The molecular formula is C60H100N10O13. The zero-order valence-electron chi connectivity index (χ0n) is 52.1. The highest BCUT2D eigenvalue weighted by atomic mass is 16.6. The molecule has 23 heteroatoms. The number of urea groups is 1. The molecule has 0 aliphatic carbocycles. The predicted octanol–water partition coefficient (Wildman–Crippen LogP) is 4.44. The van der Waals surface area contributed by atoms with Gasteiger partial charge in [-0.15, -0.1) is 0 Å². The normalized spacial score (nSPS) is 17.9. The Morgan fingerprint density at radius 1 is 0.795 bits per heavy atom. The molecule has 1 aliphatic rings. The predicted molar refractivity (Wildman–Crippen MR) is 316 cm³/mol. The van der Waals surface area contributed by atoms with Crippen LogP contribution in [-0.2, 0) is 47.8 Å². The summed E-state index contributed by atoms with van der Waals surface area (Å²) in [5.74, 6) is -5.49. The van der Waals surface area contributed by atoms with Crippen LogP contribution in [0.5, 0.6) is 0 Å². The number of nitrogens with one attached hydrogen (secondary N) is 6. The van der Waals surface area contributed by atoms with Crippen molar-refractivity contribution in [2.75, 3.05) is 41.4 Å². The van der Waals surface area contributed by atoms with E-state index in [0.717, 1.165) is 4.90 Å². The van der Waals surface area contributed by atoms with E-state index in [4.69, 9.17) is 19.9 Å². The summed E-state index contributed by atoms with van der Waals surface area (Å²) >= 11 is 0. The van der Waals surface area contributed by atoms with Crippen molar-refractivity contribution in [1.29, 1.82) is 0 Å². The number of aliphatic hydroxyl groups excluding tert-OH is 1. The number of carbonyl (C=O) groups excluding carboxylic acids is 9. The van der Waals surface area contributed by atoms with Crippen LogP contribution >= 0.6 is 0 Å². The van der Waals surface area contributed by atoms with Gasteiger partial charge in [-0.3, -0.25) is 38.5 Å². The molecule has 0 bridgehead atoms. The number of allylic oxidation sites excluding steroid dienone is 2. The van der Waals surface area contributed by atoms with Gasteiger partial charge >= 0.3 is 12.1 Å². The van der Waals surface area contributed by atoms with Crippen LogP contribution in [-0.4, -0.2) is 175 Å². The number of aliphatic hydroxyl groups is 1. The van der Waals surface area contributed by atoms with Gasteiger partial charge < -0.3 is 66.8 Å². The van der Waals surface area contributed by atoms with Crippen LogP contribution in [0.25, 0.3) is 0 Å². The van der Waals surface area contributed by atoms with Crippen LogP contribution in [0.4, 0.5) is 9.59 Å². The second-order valence-corrected chi connectivity index (χ2v) is 22.8. The van der Waals surface area contributed by atoms with Gasteiger partial charge in [0.15, 0.2) is 0 Å². The molecule has 1 aromatic rings. The van der Waals surface area contributed by atoms with Crippen molar-refractivity contribution in [2.45, 2.75) is 195 Å². The van der Waals surface area contributed by atoms with Gasteiger partial charge in [-0.1, -0.05) is 119 Å². The van der Waals surface area contributed by atoms with E-state index < -0.39 is 120 Å². The molecule has 1 saturated heterocycles. The van der Waals surface area contributed by atoms with E-state index >= 15 is 0 Å². The van der Waals surface area contributed by atoms with E-state index in [1.807, 2.05) is 32.0 Å². The number of ether oxygens (including phenoxy) is 3. The van der Waals surface area contributed by atoms with Crippen molar-refractivity contribution in [3.63, 3.8) is 0 Å². The van der Waals surface area contributed by atoms with Crippen molar-refractivity contribution >= 4 is 53.5 Å². The lowest BCUT2D eigenvalue weighted by Crippen LogP contribution is -2.60. The minimum absolute atomic E-state index is 0.0385. The molecule has 0 radical (unpaired) electrons. The molecule has 1 fully saturated rings. The van der Waals surface area contributed by atoms with Gasteiger partial charge in [0.05, 0.1) is 54.5 Å². The summed E-state index contributed by atoms with van der Waals surface area (Å²) in [6.07, 6.45) is 0.446. The summed E-state index contributed by atoms with van der Waals surface area (Å²) in [5, 5.41) is 27.4. The van der Waals surface area contributed by atoms with Gasteiger partial charge in [0.1, 0.15) is 30.3 Å². The highest BCUT2D eigenvalue weighted by Gasteiger charge is 2.44. The summed E-state index contributed by atoms with van der Waals surface area (Å²) < 4.78 is 17.9. The third-order valence-corrected chi connectivity index (χ3v) is 15.5. The van der Waals surface area contributed by atoms with Crippen LogP contribution in [0.3, 0.4) is 0 Å². The fourth-order valence-corrected chi connectivity index (χ4v) is 10.5. The van der Waals surface area contributed by atoms with E-state index in [-0.39, 0.29) is 67.5 Å². The number of hydrogen-bond acceptors (Lipinski definition) is 13. The topological polar surface area (TPSA) is 309 Å². The summed E-state index contributed by atoms with van der Waals surface area (Å²) in [5.41, 5.74) is 5.97. The fourth-order valence-electron chi connectivity index (χ4n) is 10.5. The first-order valence-electron chi connectivity index (χ1n) is 29.2. The Morgan fingerprint density at radius 2 is 1.42 bits per heavy atom. The van der Waals surface area contributed by atoms with Gasteiger partial charge in [-0.2, -0.15) is 0 Å². The van der Waals surface area contributed by atoms with Gasteiger partial charge in [0.25, 0.3) is 0 Å². The van der Waals surface area contributed by atoms with E-state index in [1.165, 1.54) is 45.2 Å². The Labute approximate surface area is 492 Å². The molecule has 1 aliphatic heterocycles. The first-order chi connectivity index (χ1) is 39.0. The fraction of sp³-hybridized carbons (Fsp3) is 0.683. The van der Waals surface area contributed by atoms with Crippen LogP contribution in [0.2, 0.25) is 0 Å². The molecule has 10 amide bonds. The Morgan fingerprint density at radius 3 is 1.95 bits per heavy atom. The lowest BCUT2D eigenvalue weighted by atomic mass is 9.89. The van der Waals surface area contributed by atoms with Crippen LogP contribution in [0, 0.1) is 29.6 Å². The number of primary amides is 1. The summed E-state index contributed by atoms with van der Waals surface area (Å²) in [7, 11) is 6.01. The lowest BCUT2D eigenvalue weighted by Gasteiger charge is -2.41. The number of carbonyl (C=O) groups is 9. The van der Waals surface area contributed by atoms with Crippen molar-refractivity contribution in [3.05, 3.63) is 60.3 Å². The maximum atomic E-state index is 14.8. The maximum absolute atomic E-state index is 14.8. The number of rotatable bonds is 34. The molecule has 1 heterocycles. The molecule has 23 nitrogen and oxygen atoms in total. The Balaban J connectivity index is 2.32. The van der Waals surface area contributed by atoms with Gasteiger partial charge in [-0.25, -0.2) is 9.59 Å². The average molecular weight is 1170 g/mol. The third-order valence-electron chi connectivity index (χ3n) is 15.5. The van der Waals surface area contributed by atoms with E-state index in [2.05, 4.69) is 38.5 Å².